The smallest absolute Gasteiger partial charge is 0.198 e. The molecule has 0 unspecified atom stereocenters. The van der Waals surface area contributed by atoms with Gasteiger partial charge in [-0.15, -0.1) is 0 Å². The van der Waals surface area contributed by atoms with Crippen LogP contribution in [-0.2, 0) is 0 Å². The first-order valence-corrected chi connectivity index (χ1v) is 10.2. The summed E-state index contributed by atoms with van der Waals surface area (Å²) in [4.78, 5) is 9.32. The first kappa shape index (κ1) is 12.8. The zero-order valence-corrected chi connectivity index (χ0v) is 16.7. The number of pyridine rings is 1. The van der Waals surface area contributed by atoms with Gasteiger partial charge in [-0.2, -0.15) is 0 Å². The quantitative estimate of drug-likeness (QED) is 0.359. The van der Waals surface area contributed by atoms with E-state index in [9.17, 15) is 0 Å². The van der Waals surface area contributed by atoms with Gasteiger partial charge < -0.3 is 4.42 Å². The predicted octanol–water partition coefficient (Wildman–Crippen LogP) is 7.34. The topological polar surface area (TPSA) is 38.9 Å². The summed E-state index contributed by atoms with van der Waals surface area (Å²) in [5.74, 6) is 1.02. The molecule has 2 heterocycles. The van der Waals surface area contributed by atoms with E-state index in [4.69, 9.17) is 17.6 Å². The summed E-state index contributed by atoms with van der Waals surface area (Å²) in [7, 11) is 0. The van der Waals surface area contributed by atoms with E-state index in [0.29, 0.717) is 22.3 Å². The van der Waals surface area contributed by atoms with Crippen LogP contribution in [0.5, 0.6) is 0 Å². The van der Waals surface area contributed by atoms with Crippen LogP contribution in [0, 0.1) is 19.1 Å². The number of fused-ring (bicyclic) bond motifs is 3. The van der Waals surface area contributed by atoms with Crippen molar-refractivity contribution < 1.29 is 12.6 Å². The first-order valence-electron chi connectivity index (χ1n) is 13.2. The maximum atomic E-state index is 7.92. The van der Waals surface area contributed by atoms with Crippen LogP contribution in [0.1, 0.15) is 70.7 Å². The average molecular weight is 391 g/mol. The molecular weight excluding hydrogens is 356 g/mol. The Bertz CT molecular complexity index is 1410. The molecule has 148 valence electrons. The van der Waals surface area contributed by atoms with E-state index in [2.05, 4.69) is 18.8 Å². The zero-order chi connectivity index (χ0) is 25.2. The van der Waals surface area contributed by atoms with E-state index in [1.807, 2.05) is 30.3 Å². The van der Waals surface area contributed by atoms with E-state index >= 15 is 0 Å². The van der Waals surface area contributed by atoms with E-state index in [-0.39, 0.29) is 17.0 Å². The van der Waals surface area contributed by atoms with Gasteiger partial charge in [-0.05, 0) is 73.4 Å². The zero-order valence-electron chi connectivity index (χ0n) is 22.7. The fourth-order valence-corrected chi connectivity index (χ4v) is 4.42. The molecule has 4 aromatic rings. The summed E-state index contributed by atoms with van der Waals surface area (Å²) in [6.45, 7) is -0.561. The normalized spacial score (nSPS) is 21.2. The van der Waals surface area contributed by atoms with Gasteiger partial charge in [0.2, 0.25) is 0 Å². The monoisotopic (exact) mass is 390 g/mol. The summed E-state index contributed by atoms with van der Waals surface area (Å²) >= 11 is 0. The molecule has 3 heteroatoms. The van der Waals surface area contributed by atoms with Crippen molar-refractivity contribution in [3.05, 3.63) is 59.6 Å². The standard InChI is InChI=1S/C26H28N2O/c1-16-14-21(27-15-17(16)2)20-7-5-6-18-8-9-22-24(23(18)20)28-25(29-22)19-10-12-26(3,4)13-11-19/h5-9,14-15,19H,10-13H2,1-4H3/i1D3,2D3. The fraction of sp³-hybridized carbons (Fsp3) is 0.385. The largest absolute Gasteiger partial charge is 0.440 e. The van der Waals surface area contributed by atoms with Gasteiger partial charge in [0.05, 0.1) is 5.69 Å². The molecule has 1 aliphatic rings. The Hall–Kier alpha value is -2.68. The second-order valence-electron chi connectivity index (χ2n) is 8.92. The highest BCUT2D eigenvalue weighted by molar-refractivity contribution is 6.11. The highest BCUT2D eigenvalue weighted by atomic mass is 16.3. The molecule has 1 saturated carbocycles. The number of oxazole rings is 1. The lowest BCUT2D eigenvalue weighted by Crippen LogP contribution is -2.20. The van der Waals surface area contributed by atoms with Crippen LogP contribution < -0.4 is 0 Å². The highest BCUT2D eigenvalue weighted by Gasteiger charge is 2.30. The minimum Gasteiger partial charge on any atom is -0.440 e. The van der Waals surface area contributed by atoms with Crippen molar-refractivity contribution in [1.29, 1.82) is 0 Å². The van der Waals surface area contributed by atoms with Crippen LogP contribution in [0.15, 0.2) is 47.0 Å². The Balaban J connectivity index is 1.67. The van der Waals surface area contributed by atoms with E-state index in [0.717, 1.165) is 47.9 Å². The SMILES string of the molecule is [2H]C([2H])([2H])c1cnc(-c2cccc3ccc4oc(C5CCC(C)(C)CC5)nc4c23)cc1C([2H])([2H])[2H]. The van der Waals surface area contributed by atoms with E-state index < -0.39 is 13.7 Å². The van der Waals surface area contributed by atoms with Crippen LogP contribution in [-0.4, -0.2) is 9.97 Å². The minimum absolute atomic E-state index is 0.211. The molecule has 3 nitrogen and oxygen atoms in total. The van der Waals surface area contributed by atoms with Gasteiger partial charge in [0, 0.05) is 31.3 Å². The van der Waals surface area contributed by atoms with Crippen molar-refractivity contribution in [2.75, 3.05) is 0 Å². The van der Waals surface area contributed by atoms with Crippen LogP contribution in [0.3, 0.4) is 0 Å². The molecule has 0 spiro atoms. The second-order valence-corrected chi connectivity index (χ2v) is 8.92. The molecule has 1 aliphatic carbocycles. The molecule has 1 fully saturated rings. The van der Waals surface area contributed by atoms with Crippen molar-refractivity contribution in [2.24, 2.45) is 5.41 Å². The molecule has 0 saturated heterocycles. The van der Waals surface area contributed by atoms with Crippen molar-refractivity contribution in [2.45, 2.75) is 59.2 Å². The van der Waals surface area contributed by atoms with Crippen molar-refractivity contribution in [1.82, 2.24) is 9.97 Å². The van der Waals surface area contributed by atoms with Crippen LogP contribution in [0.4, 0.5) is 0 Å². The number of benzene rings is 2. The molecule has 0 radical (unpaired) electrons. The molecule has 2 aromatic heterocycles. The maximum absolute atomic E-state index is 7.92. The molecule has 0 bridgehead atoms. The predicted molar refractivity (Wildman–Crippen MR) is 119 cm³/mol. The third kappa shape index (κ3) is 3.23. The van der Waals surface area contributed by atoms with Gasteiger partial charge in [-0.25, -0.2) is 4.98 Å². The van der Waals surface area contributed by atoms with E-state index in [1.54, 1.807) is 0 Å². The molecule has 0 atom stereocenters. The molecule has 2 aromatic carbocycles. The molecule has 0 N–H and O–H groups in total. The number of nitrogens with zero attached hydrogens (tertiary/aromatic N) is 2. The Kier molecular flexibility index (Phi) is 2.95. The summed E-state index contributed by atoms with van der Waals surface area (Å²) in [5.41, 5.74) is 2.37. The summed E-state index contributed by atoms with van der Waals surface area (Å²) in [6.07, 6.45) is 5.48. The van der Waals surface area contributed by atoms with Gasteiger partial charge >= 0.3 is 0 Å². The van der Waals surface area contributed by atoms with Crippen LogP contribution in [0.2, 0.25) is 0 Å². The van der Waals surface area contributed by atoms with Crippen LogP contribution in [0.25, 0.3) is 33.1 Å². The highest BCUT2D eigenvalue weighted by Crippen LogP contribution is 2.43. The number of rotatable bonds is 2. The number of aryl methyl sites for hydroxylation is 2. The Labute approximate surface area is 180 Å². The Morgan fingerprint density at radius 3 is 2.69 bits per heavy atom. The lowest BCUT2D eigenvalue weighted by molar-refractivity contribution is 0.211. The molecule has 0 amide bonds. The van der Waals surface area contributed by atoms with Crippen molar-refractivity contribution in [3.8, 4) is 11.3 Å². The average Bonchev–Trinajstić information content (AvgIpc) is 3.21. The third-order valence-electron chi connectivity index (χ3n) is 6.29. The number of aromatic nitrogens is 2. The van der Waals surface area contributed by atoms with Gasteiger partial charge in [-0.3, -0.25) is 4.98 Å². The molecule has 0 aliphatic heterocycles. The van der Waals surface area contributed by atoms with Crippen molar-refractivity contribution in [3.63, 3.8) is 0 Å². The Morgan fingerprint density at radius 1 is 1.07 bits per heavy atom. The van der Waals surface area contributed by atoms with E-state index in [1.165, 1.54) is 12.3 Å². The lowest BCUT2D eigenvalue weighted by atomic mass is 9.73. The van der Waals surface area contributed by atoms with Crippen LogP contribution >= 0.6 is 0 Å². The van der Waals surface area contributed by atoms with Gasteiger partial charge in [0.1, 0.15) is 5.52 Å². The molecular formula is C26H28N2O. The first-order chi connectivity index (χ1) is 16.3. The summed E-state index contributed by atoms with van der Waals surface area (Å²) in [6, 6.07) is 11.0. The van der Waals surface area contributed by atoms with Gasteiger partial charge in [0.25, 0.3) is 0 Å². The minimum atomic E-state index is -2.59. The Morgan fingerprint density at radius 2 is 1.90 bits per heavy atom. The maximum Gasteiger partial charge on any atom is 0.198 e. The van der Waals surface area contributed by atoms with Gasteiger partial charge in [0.15, 0.2) is 11.5 Å². The number of hydrogen-bond donors (Lipinski definition) is 0. The second kappa shape index (κ2) is 6.69. The van der Waals surface area contributed by atoms with Crippen molar-refractivity contribution >= 4 is 21.9 Å². The van der Waals surface area contributed by atoms with Gasteiger partial charge in [-0.1, -0.05) is 38.1 Å². The lowest BCUT2D eigenvalue weighted by Gasteiger charge is -2.32. The third-order valence-corrected chi connectivity index (χ3v) is 6.29. The number of hydrogen-bond acceptors (Lipinski definition) is 3. The fourth-order valence-electron chi connectivity index (χ4n) is 4.42. The molecule has 29 heavy (non-hydrogen) atoms. The summed E-state index contributed by atoms with van der Waals surface area (Å²) in [5, 5.41) is 1.75. The molecule has 5 rings (SSSR count). The summed E-state index contributed by atoms with van der Waals surface area (Å²) < 4.78 is 53.2.